The fourth-order valence-electron chi connectivity index (χ4n) is 3.12. The molecular formula is C22H26N4O3. The predicted molar refractivity (Wildman–Crippen MR) is 113 cm³/mol. The molecule has 2 amide bonds. The molecule has 0 saturated heterocycles. The number of hydrogen-bond donors (Lipinski definition) is 2. The van der Waals surface area contributed by atoms with E-state index in [1.165, 1.54) is 0 Å². The van der Waals surface area contributed by atoms with Crippen molar-refractivity contribution >= 4 is 23.0 Å². The highest BCUT2D eigenvalue weighted by Gasteiger charge is 2.22. The molecule has 2 aromatic heterocycles. The zero-order valence-corrected chi connectivity index (χ0v) is 17.0. The van der Waals surface area contributed by atoms with E-state index < -0.39 is 5.91 Å². The third-order valence-electron chi connectivity index (χ3n) is 4.64. The van der Waals surface area contributed by atoms with E-state index in [1.54, 1.807) is 35.9 Å². The molecule has 7 heteroatoms. The zero-order valence-electron chi connectivity index (χ0n) is 17.0. The molecule has 0 aliphatic rings. The lowest BCUT2D eigenvalue weighted by molar-refractivity contribution is 0.0942. The molecule has 0 fully saturated rings. The monoisotopic (exact) mass is 394 g/mol. The van der Waals surface area contributed by atoms with Crippen molar-refractivity contribution < 1.29 is 14.3 Å². The Bertz CT molecular complexity index is 1030. The van der Waals surface area contributed by atoms with Crippen LogP contribution in [-0.2, 0) is 0 Å². The number of fused-ring (bicyclic) bond motifs is 1. The van der Waals surface area contributed by atoms with Crippen LogP contribution in [0.3, 0.4) is 0 Å². The Morgan fingerprint density at radius 2 is 1.97 bits per heavy atom. The number of aryl methyl sites for hydroxylation is 1. The van der Waals surface area contributed by atoms with Crippen molar-refractivity contribution in [3.63, 3.8) is 0 Å². The van der Waals surface area contributed by atoms with Crippen molar-refractivity contribution in [2.75, 3.05) is 19.0 Å². The summed E-state index contributed by atoms with van der Waals surface area (Å²) in [6.07, 6.45) is 4.77. The van der Waals surface area contributed by atoms with Crippen LogP contribution in [0, 0.1) is 6.92 Å². The Kier molecular flexibility index (Phi) is 6.49. The highest BCUT2D eigenvalue weighted by Crippen LogP contribution is 2.26. The Labute approximate surface area is 170 Å². The number of carbonyl (C=O) groups excluding carboxylic acids is 2. The minimum Gasteiger partial charge on any atom is -0.495 e. The van der Waals surface area contributed by atoms with Gasteiger partial charge in [0.1, 0.15) is 5.75 Å². The largest absolute Gasteiger partial charge is 0.495 e. The number of carbonyl (C=O) groups is 2. The number of unbranched alkanes of at least 4 members (excludes halogenated alkanes) is 2. The number of nitrogens with one attached hydrogen (secondary N) is 2. The topological polar surface area (TPSA) is 84.7 Å². The van der Waals surface area contributed by atoms with Gasteiger partial charge in [-0.15, -0.1) is 0 Å². The quantitative estimate of drug-likeness (QED) is 0.569. The van der Waals surface area contributed by atoms with E-state index in [1.807, 2.05) is 25.1 Å². The van der Waals surface area contributed by atoms with Gasteiger partial charge in [0, 0.05) is 12.7 Å². The molecular weight excluding hydrogens is 368 g/mol. The van der Waals surface area contributed by atoms with Crippen LogP contribution in [0.1, 0.15) is 52.9 Å². The van der Waals surface area contributed by atoms with Crippen LogP contribution in [-0.4, -0.2) is 34.9 Å². The molecule has 29 heavy (non-hydrogen) atoms. The van der Waals surface area contributed by atoms with Gasteiger partial charge in [0.05, 0.1) is 18.3 Å². The number of rotatable bonds is 8. The molecule has 0 spiro atoms. The average Bonchev–Trinajstić information content (AvgIpc) is 3.11. The van der Waals surface area contributed by atoms with Crippen molar-refractivity contribution in [2.45, 2.75) is 33.1 Å². The van der Waals surface area contributed by atoms with E-state index in [-0.39, 0.29) is 17.4 Å². The van der Waals surface area contributed by atoms with Crippen molar-refractivity contribution in [2.24, 2.45) is 0 Å². The molecule has 7 nitrogen and oxygen atoms in total. The number of anilines is 1. The summed E-state index contributed by atoms with van der Waals surface area (Å²) < 4.78 is 6.96. The fraction of sp³-hybridized carbons (Fsp3) is 0.318. The number of pyridine rings is 1. The second kappa shape index (κ2) is 9.23. The molecule has 3 rings (SSSR count). The van der Waals surface area contributed by atoms with E-state index in [2.05, 4.69) is 22.5 Å². The molecule has 0 radical (unpaired) electrons. The van der Waals surface area contributed by atoms with Crippen molar-refractivity contribution in [3.05, 3.63) is 59.7 Å². The molecule has 3 aromatic rings. The van der Waals surface area contributed by atoms with Crippen LogP contribution in [0.2, 0.25) is 0 Å². The van der Waals surface area contributed by atoms with Crippen LogP contribution in [0.15, 0.2) is 42.6 Å². The van der Waals surface area contributed by atoms with Gasteiger partial charge in [-0.25, -0.2) is 4.98 Å². The number of benzene rings is 1. The summed E-state index contributed by atoms with van der Waals surface area (Å²) in [5, 5.41) is 5.73. The maximum atomic E-state index is 13.0. The first-order valence-electron chi connectivity index (χ1n) is 9.76. The number of imidazole rings is 1. The molecule has 0 atom stereocenters. The minimum absolute atomic E-state index is 0.188. The van der Waals surface area contributed by atoms with Crippen molar-refractivity contribution in [1.29, 1.82) is 0 Å². The van der Waals surface area contributed by atoms with E-state index in [0.29, 0.717) is 23.5 Å². The second-order valence-corrected chi connectivity index (χ2v) is 6.86. The van der Waals surface area contributed by atoms with Crippen molar-refractivity contribution in [3.8, 4) is 5.75 Å². The number of hydrogen-bond acceptors (Lipinski definition) is 4. The SMILES string of the molecule is CCCCCNC(=O)c1nc(C(=O)Nc2cc(C)ccc2OC)c2ccccn12. The fourth-order valence-corrected chi connectivity index (χ4v) is 3.12. The maximum Gasteiger partial charge on any atom is 0.287 e. The summed E-state index contributed by atoms with van der Waals surface area (Å²) in [7, 11) is 1.55. The lowest BCUT2D eigenvalue weighted by Gasteiger charge is -2.10. The van der Waals surface area contributed by atoms with E-state index >= 15 is 0 Å². The summed E-state index contributed by atoms with van der Waals surface area (Å²) in [5.41, 5.74) is 2.30. The predicted octanol–water partition coefficient (Wildman–Crippen LogP) is 3.82. The third-order valence-corrected chi connectivity index (χ3v) is 4.64. The lowest BCUT2D eigenvalue weighted by Crippen LogP contribution is -2.26. The molecule has 152 valence electrons. The first-order valence-corrected chi connectivity index (χ1v) is 9.76. The molecule has 0 bridgehead atoms. The van der Waals surface area contributed by atoms with E-state index in [0.717, 1.165) is 24.8 Å². The van der Waals surface area contributed by atoms with Gasteiger partial charge >= 0.3 is 0 Å². The second-order valence-electron chi connectivity index (χ2n) is 6.86. The van der Waals surface area contributed by atoms with Crippen LogP contribution in [0.25, 0.3) is 5.52 Å². The van der Waals surface area contributed by atoms with Gasteiger partial charge in [0.2, 0.25) is 5.82 Å². The van der Waals surface area contributed by atoms with Crippen LogP contribution in [0.5, 0.6) is 5.75 Å². The van der Waals surface area contributed by atoms with Gasteiger partial charge < -0.3 is 15.4 Å². The minimum atomic E-state index is -0.400. The summed E-state index contributed by atoms with van der Waals surface area (Å²) in [4.78, 5) is 29.9. The maximum absolute atomic E-state index is 13.0. The number of methoxy groups -OCH3 is 1. The molecule has 2 N–H and O–H groups in total. The van der Waals surface area contributed by atoms with Crippen molar-refractivity contribution in [1.82, 2.24) is 14.7 Å². The normalized spacial score (nSPS) is 10.7. The molecule has 1 aromatic carbocycles. The van der Waals surface area contributed by atoms with Gasteiger partial charge in [-0.2, -0.15) is 0 Å². The van der Waals surface area contributed by atoms with Gasteiger partial charge in [-0.3, -0.25) is 14.0 Å². The zero-order chi connectivity index (χ0) is 20.8. The van der Waals surface area contributed by atoms with Gasteiger partial charge in [-0.05, 0) is 43.2 Å². The Hall–Kier alpha value is -3.35. The smallest absolute Gasteiger partial charge is 0.287 e. The number of aromatic nitrogens is 2. The highest BCUT2D eigenvalue weighted by atomic mass is 16.5. The van der Waals surface area contributed by atoms with E-state index in [9.17, 15) is 9.59 Å². The first-order chi connectivity index (χ1) is 14.0. The standard InChI is InChI=1S/C22H26N4O3/c1-4-5-7-12-23-22(28)20-25-19(17-9-6-8-13-26(17)20)21(27)24-16-14-15(2)10-11-18(16)29-3/h6,8-11,13-14H,4-5,7,12H2,1-3H3,(H,23,28)(H,24,27). The summed E-state index contributed by atoms with van der Waals surface area (Å²) >= 11 is 0. The van der Waals surface area contributed by atoms with Gasteiger partial charge in [-0.1, -0.05) is 31.9 Å². The summed E-state index contributed by atoms with van der Waals surface area (Å²) in [5.74, 6) is 0.0527. The molecule has 0 aliphatic heterocycles. The Balaban J connectivity index is 1.89. The number of nitrogens with zero attached hydrogens (tertiary/aromatic N) is 2. The highest BCUT2D eigenvalue weighted by molar-refractivity contribution is 6.09. The number of ether oxygens (including phenoxy) is 1. The van der Waals surface area contributed by atoms with Crippen LogP contribution in [0.4, 0.5) is 5.69 Å². The molecule has 0 aliphatic carbocycles. The third kappa shape index (κ3) is 4.56. The molecule has 0 unspecified atom stereocenters. The lowest BCUT2D eigenvalue weighted by atomic mass is 10.2. The van der Waals surface area contributed by atoms with E-state index in [4.69, 9.17) is 4.74 Å². The van der Waals surface area contributed by atoms with Gasteiger partial charge in [0.15, 0.2) is 5.69 Å². The Morgan fingerprint density at radius 3 is 2.72 bits per heavy atom. The first kappa shape index (κ1) is 20.4. The van der Waals surface area contributed by atoms with Crippen LogP contribution < -0.4 is 15.4 Å². The Morgan fingerprint density at radius 1 is 1.14 bits per heavy atom. The van der Waals surface area contributed by atoms with Crippen LogP contribution >= 0.6 is 0 Å². The van der Waals surface area contributed by atoms with Gasteiger partial charge in [0.25, 0.3) is 11.8 Å². The molecule has 0 saturated carbocycles. The number of amides is 2. The summed E-state index contributed by atoms with van der Waals surface area (Å²) in [6, 6.07) is 10.9. The summed E-state index contributed by atoms with van der Waals surface area (Å²) in [6.45, 7) is 4.62. The molecule has 2 heterocycles. The average molecular weight is 394 g/mol.